The van der Waals surface area contributed by atoms with Crippen LogP contribution >= 0.6 is 22.6 Å². The van der Waals surface area contributed by atoms with E-state index in [1.165, 1.54) is 12.3 Å². The van der Waals surface area contributed by atoms with Crippen molar-refractivity contribution in [3.8, 4) is 0 Å². The number of carboxylic acid groups (broad SMARTS) is 1. The summed E-state index contributed by atoms with van der Waals surface area (Å²) in [6.07, 6.45) is 0.178. The molecule has 1 heterocycles. The Hall–Kier alpha value is -1.96. The highest BCUT2D eigenvalue weighted by Gasteiger charge is 2.10. The van der Waals surface area contributed by atoms with E-state index in [1.807, 2.05) is 12.1 Å². The topological polar surface area (TPSA) is 79.3 Å². The molecule has 2 aromatic rings. The third-order valence-corrected chi connectivity index (χ3v) is 3.08. The third kappa shape index (κ3) is 3.50. The van der Waals surface area contributed by atoms with Gasteiger partial charge in [0, 0.05) is 20.9 Å². The predicted octanol–water partition coefficient (Wildman–Crippen LogP) is 3.01. The van der Waals surface area contributed by atoms with Crippen LogP contribution in [0.25, 0.3) is 0 Å². The van der Waals surface area contributed by atoms with Gasteiger partial charge in [-0.3, -0.25) is 10.1 Å². The summed E-state index contributed by atoms with van der Waals surface area (Å²) >= 11 is 2.16. The summed E-state index contributed by atoms with van der Waals surface area (Å²) in [5, 5.41) is 10.7. The normalized spacial score (nSPS) is 9.95. The molecule has 6 heteroatoms. The molecule has 0 atom stereocenters. The van der Waals surface area contributed by atoms with E-state index >= 15 is 0 Å². The summed E-state index contributed by atoms with van der Waals surface area (Å²) in [6.45, 7) is 0. The van der Waals surface area contributed by atoms with Crippen LogP contribution in [0.3, 0.4) is 0 Å². The maximum absolute atomic E-state index is 12.2. The van der Waals surface area contributed by atoms with E-state index in [0.29, 0.717) is 11.1 Å². The van der Waals surface area contributed by atoms with Crippen molar-refractivity contribution in [2.75, 3.05) is 5.32 Å². The highest BCUT2D eigenvalue weighted by atomic mass is 127. The van der Waals surface area contributed by atoms with Crippen molar-refractivity contribution in [1.29, 1.82) is 0 Å². The molecule has 0 saturated carbocycles. The van der Waals surface area contributed by atoms with Crippen LogP contribution < -0.4 is 5.32 Å². The first-order valence-electron chi connectivity index (χ1n) is 5.32. The fourth-order valence-electron chi connectivity index (χ4n) is 1.52. The predicted molar refractivity (Wildman–Crippen MR) is 78.5 cm³/mol. The molecular formula is C13H9IN2O3. The molecule has 0 aliphatic rings. The average molecular weight is 368 g/mol. The highest BCUT2D eigenvalue weighted by Crippen LogP contribution is 2.14. The first-order chi connectivity index (χ1) is 9.06. The van der Waals surface area contributed by atoms with Crippen molar-refractivity contribution >= 4 is 40.3 Å². The van der Waals surface area contributed by atoms with E-state index in [9.17, 15) is 9.59 Å². The Morgan fingerprint density at radius 2 is 1.79 bits per heavy atom. The Morgan fingerprint density at radius 1 is 1.11 bits per heavy atom. The molecule has 1 amide bonds. The Balaban J connectivity index is 2.28. The fraction of sp³-hybridized carbons (Fsp3) is 0. The van der Waals surface area contributed by atoms with Gasteiger partial charge >= 0.3 is 6.09 Å². The van der Waals surface area contributed by atoms with Gasteiger partial charge in [-0.15, -0.1) is 0 Å². The molecular weight excluding hydrogens is 359 g/mol. The van der Waals surface area contributed by atoms with Crippen LogP contribution in [0.4, 0.5) is 10.6 Å². The zero-order chi connectivity index (χ0) is 13.8. The first-order valence-corrected chi connectivity index (χ1v) is 6.40. The molecule has 0 unspecified atom stereocenters. The number of benzene rings is 1. The van der Waals surface area contributed by atoms with E-state index in [1.54, 1.807) is 18.2 Å². The van der Waals surface area contributed by atoms with Gasteiger partial charge in [0.25, 0.3) is 0 Å². The van der Waals surface area contributed by atoms with Crippen molar-refractivity contribution in [2.45, 2.75) is 0 Å². The number of aromatic nitrogens is 1. The minimum absolute atomic E-state index is 0.129. The maximum atomic E-state index is 12.2. The molecule has 19 heavy (non-hydrogen) atoms. The molecule has 2 N–H and O–H groups in total. The van der Waals surface area contributed by atoms with Crippen LogP contribution in [0.15, 0.2) is 42.6 Å². The number of halogens is 1. The molecule has 5 nitrogen and oxygen atoms in total. The Morgan fingerprint density at radius 3 is 2.42 bits per heavy atom. The summed E-state index contributed by atoms with van der Waals surface area (Å²) in [6, 6.07) is 10.1. The molecule has 0 fully saturated rings. The number of nitrogens with one attached hydrogen (secondary N) is 1. The number of pyridine rings is 1. The molecule has 2 rings (SSSR count). The van der Waals surface area contributed by atoms with Crippen molar-refractivity contribution < 1.29 is 14.7 Å². The van der Waals surface area contributed by atoms with Crippen LogP contribution in [0.5, 0.6) is 0 Å². The molecule has 0 aliphatic carbocycles. The Labute approximate surface area is 122 Å². The minimum Gasteiger partial charge on any atom is -0.465 e. The van der Waals surface area contributed by atoms with Crippen molar-refractivity contribution in [3.05, 3.63) is 57.3 Å². The quantitative estimate of drug-likeness (QED) is 0.645. The number of carbonyl (C=O) groups excluding carboxylic acids is 1. The lowest BCUT2D eigenvalue weighted by molar-refractivity contribution is 0.103. The number of ketones is 1. The van der Waals surface area contributed by atoms with E-state index < -0.39 is 6.09 Å². The van der Waals surface area contributed by atoms with Gasteiger partial charge in [-0.25, -0.2) is 9.78 Å². The lowest BCUT2D eigenvalue weighted by Crippen LogP contribution is -2.10. The van der Waals surface area contributed by atoms with Gasteiger partial charge in [0.1, 0.15) is 5.82 Å². The first kappa shape index (κ1) is 13.5. The maximum Gasteiger partial charge on any atom is 0.410 e. The Bertz CT molecular complexity index is 626. The smallest absolute Gasteiger partial charge is 0.410 e. The van der Waals surface area contributed by atoms with E-state index in [0.717, 1.165) is 3.57 Å². The zero-order valence-electron chi connectivity index (χ0n) is 9.63. The molecule has 0 bridgehead atoms. The zero-order valence-corrected chi connectivity index (χ0v) is 11.8. The highest BCUT2D eigenvalue weighted by molar-refractivity contribution is 14.1. The minimum atomic E-state index is -1.22. The molecule has 0 aliphatic heterocycles. The van der Waals surface area contributed by atoms with Crippen molar-refractivity contribution in [3.63, 3.8) is 0 Å². The lowest BCUT2D eigenvalue weighted by atomic mass is 10.0. The monoisotopic (exact) mass is 368 g/mol. The van der Waals surface area contributed by atoms with Gasteiger partial charge in [-0.2, -0.15) is 0 Å². The standard InChI is InChI=1S/C13H9IN2O3/c14-10-3-1-8(2-4-10)12(17)9-5-6-15-11(7-9)16-13(18)19/h1-7H,(H,15,16)(H,18,19). The van der Waals surface area contributed by atoms with Crippen LogP contribution in [0, 0.1) is 3.57 Å². The number of rotatable bonds is 3. The van der Waals surface area contributed by atoms with Gasteiger partial charge in [0.05, 0.1) is 0 Å². The van der Waals surface area contributed by atoms with Gasteiger partial charge < -0.3 is 5.11 Å². The van der Waals surface area contributed by atoms with Crippen molar-refractivity contribution in [1.82, 2.24) is 4.98 Å². The molecule has 0 radical (unpaired) electrons. The number of amides is 1. The fourth-order valence-corrected chi connectivity index (χ4v) is 1.88. The molecule has 0 spiro atoms. The Kier molecular flexibility index (Phi) is 4.10. The van der Waals surface area contributed by atoms with Crippen LogP contribution in [0.1, 0.15) is 15.9 Å². The van der Waals surface area contributed by atoms with Crippen molar-refractivity contribution in [2.24, 2.45) is 0 Å². The summed E-state index contributed by atoms with van der Waals surface area (Å²) in [7, 11) is 0. The van der Waals surface area contributed by atoms with Gasteiger partial charge in [0.15, 0.2) is 5.78 Å². The largest absolute Gasteiger partial charge is 0.465 e. The van der Waals surface area contributed by atoms with Gasteiger partial charge in [0.2, 0.25) is 0 Å². The summed E-state index contributed by atoms with van der Waals surface area (Å²) < 4.78 is 1.04. The molecule has 96 valence electrons. The number of hydrogen-bond acceptors (Lipinski definition) is 3. The SMILES string of the molecule is O=C(O)Nc1cc(C(=O)c2ccc(I)cc2)ccn1. The van der Waals surface area contributed by atoms with Gasteiger partial charge in [-0.1, -0.05) is 0 Å². The second kappa shape index (κ2) is 5.79. The molecule has 1 aromatic heterocycles. The van der Waals surface area contributed by atoms with E-state index in [-0.39, 0.29) is 11.6 Å². The lowest BCUT2D eigenvalue weighted by Gasteiger charge is -2.04. The average Bonchev–Trinajstić information content (AvgIpc) is 2.38. The van der Waals surface area contributed by atoms with Crippen LogP contribution in [-0.2, 0) is 0 Å². The second-order valence-corrected chi connectivity index (χ2v) is 4.94. The summed E-state index contributed by atoms with van der Waals surface area (Å²) in [5.74, 6) is -0.0453. The second-order valence-electron chi connectivity index (χ2n) is 3.70. The molecule has 0 saturated heterocycles. The van der Waals surface area contributed by atoms with Crippen LogP contribution in [0.2, 0.25) is 0 Å². The summed E-state index contributed by atoms with van der Waals surface area (Å²) in [4.78, 5) is 26.5. The van der Waals surface area contributed by atoms with Gasteiger partial charge in [-0.05, 0) is 59.0 Å². The third-order valence-electron chi connectivity index (χ3n) is 2.36. The number of anilines is 1. The molecule has 1 aromatic carbocycles. The van der Waals surface area contributed by atoms with E-state index in [4.69, 9.17) is 5.11 Å². The van der Waals surface area contributed by atoms with Crippen LogP contribution in [-0.4, -0.2) is 22.0 Å². The van der Waals surface area contributed by atoms with E-state index in [2.05, 4.69) is 32.9 Å². The number of nitrogens with zero attached hydrogens (tertiary/aromatic N) is 1. The number of hydrogen-bond donors (Lipinski definition) is 2. The number of carbonyl (C=O) groups is 2. The summed E-state index contributed by atoms with van der Waals surface area (Å²) in [5.41, 5.74) is 0.938.